The Morgan fingerprint density at radius 1 is 0.905 bits per heavy atom. The lowest BCUT2D eigenvalue weighted by molar-refractivity contribution is 0.135. The lowest BCUT2D eigenvalue weighted by atomic mass is 10.0. The highest BCUT2D eigenvalue weighted by atomic mass is 16.6. The Morgan fingerprint density at radius 3 is 1.90 bits per heavy atom. The molecule has 3 heteroatoms. The highest BCUT2D eigenvalue weighted by Gasteiger charge is 2.06. The zero-order chi connectivity index (χ0) is 14.9. The molecule has 2 rings (SSSR count). The van der Waals surface area contributed by atoms with Gasteiger partial charge in [-0.2, -0.15) is 0 Å². The van der Waals surface area contributed by atoms with Crippen molar-refractivity contribution < 1.29 is 4.84 Å². The van der Waals surface area contributed by atoms with Crippen LogP contribution in [-0.2, 0) is 4.84 Å². The first-order valence-corrected chi connectivity index (χ1v) is 7.23. The van der Waals surface area contributed by atoms with Crippen LogP contribution in [0.1, 0.15) is 17.5 Å². The Morgan fingerprint density at radius 2 is 1.43 bits per heavy atom. The summed E-state index contributed by atoms with van der Waals surface area (Å²) in [7, 11) is 4.12. The molecule has 21 heavy (non-hydrogen) atoms. The molecular formula is C18H22N2O. The van der Waals surface area contributed by atoms with Gasteiger partial charge in [0, 0.05) is 17.7 Å². The van der Waals surface area contributed by atoms with E-state index in [1.165, 1.54) is 0 Å². The van der Waals surface area contributed by atoms with Crippen molar-refractivity contribution in [2.45, 2.75) is 6.42 Å². The fourth-order valence-corrected chi connectivity index (χ4v) is 2.02. The second-order valence-corrected chi connectivity index (χ2v) is 5.16. The Hall–Kier alpha value is -2.13. The molecule has 110 valence electrons. The molecule has 0 aliphatic heterocycles. The van der Waals surface area contributed by atoms with E-state index in [9.17, 15) is 0 Å². The molecule has 0 radical (unpaired) electrons. The van der Waals surface area contributed by atoms with Crippen molar-refractivity contribution in [3.8, 4) is 0 Å². The first-order chi connectivity index (χ1) is 10.3. The lowest BCUT2D eigenvalue weighted by Crippen LogP contribution is -2.14. The number of rotatable bonds is 7. The molecule has 0 bridgehead atoms. The van der Waals surface area contributed by atoms with Gasteiger partial charge >= 0.3 is 0 Å². The number of nitrogens with zero attached hydrogens (tertiary/aromatic N) is 2. The summed E-state index contributed by atoms with van der Waals surface area (Å²) in [5, 5.41) is 4.36. The molecule has 0 unspecified atom stereocenters. The number of hydrogen-bond donors (Lipinski definition) is 0. The van der Waals surface area contributed by atoms with Crippen molar-refractivity contribution in [3.63, 3.8) is 0 Å². The van der Waals surface area contributed by atoms with E-state index in [2.05, 4.69) is 48.4 Å². The number of oxime groups is 1. The number of benzene rings is 2. The summed E-state index contributed by atoms with van der Waals surface area (Å²) in [5.41, 5.74) is 3.01. The Balaban J connectivity index is 2.10. The average Bonchev–Trinajstić information content (AvgIpc) is 2.52. The van der Waals surface area contributed by atoms with Crippen molar-refractivity contribution in [1.29, 1.82) is 0 Å². The SMILES string of the molecule is CN(C)CCCON=C(c1ccccc1)c1ccccc1. The van der Waals surface area contributed by atoms with Gasteiger partial charge in [-0.1, -0.05) is 65.8 Å². The third-order valence-corrected chi connectivity index (χ3v) is 3.09. The molecule has 0 saturated heterocycles. The maximum atomic E-state index is 5.52. The molecule has 0 aliphatic rings. The molecule has 0 amide bonds. The average molecular weight is 282 g/mol. The second kappa shape index (κ2) is 8.22. The van der Waals surface area contributed by atoms with E-state index in [1.54, 1.807) is 0 Å². The van der Waals surface area contributed by atoms with Crippen molar-refractivity contribution in [3.05, 3.63) is 71.8 Å². The maximum absolute atomic E-state index is 5.52. The van der Waals surface area contributed by atoms with Crippen LogP contribution in [-0.4, -0.2) is 37.9 Å². The van der Waals surface area contributed by atoms with Crippen LogP contribution in [0.5, 0.6) is 0 Å². The first-order valence-electron chi connectivity index (χ1n) is 7.23. The Bertz CT molecular complexity index is 508. The molecule has 0 saturated carbocycles. The Labute approximate surface area is 126 Å². The Kier molecular flexibility index (Phi) is 5.98. The van der Waals surface area contributed by atoms with Gasteiger partial charge in [0.15, 0.2) is 0 Å². The van der Waals surface area contributed by atoms with Gasteiger partial charge in [0.25, 0.3) is 0 Å². The molecule has 0 atom stereocenters. The van der Waals surface area contributed by atoms with Crippen LogP contribution >= 0.6 is 0 Å². The van der Waals surface area contributed by atoms with Crippen LogP contribution in [0, 0.1) is 0 Å². The molecule has 2 aromatic rings. The van der Waals surface area contributed by atoms with Gasteiger partial charge in [0.1, 0.15) is 12.3 Å². The van der Waals surface area contributed by atoms with Gasteiger partial charge in [0.2, 0.25) is 0 Å². The summed E-state index contributed by atoms with van der Waals surface area (Å²) in [5.74, 6) is 0. The van der Waals surface area contributed by atoms with E-state index in [0.29, 0.717) is 6.61 Å². The summed E-state index contributed by atoms with van der Waals surface area (Å²) >= 11 is 0. The summed E-state index contributed by atoms with van der Waals surface area (Å²) in [6.45, 7) is 1.63. The zero-order valence-corrected chi connectivity index (χ0v) is 12.7. The van der Waals surface area contributed by atoms with Gasteiger partial charge in [0.05, 0.1) is 0 Å². The highest BCUT2D eigenvalue weighted by molar-refractivity contribution is 6.12. The summed E-state index contributed by atoms with van der Waals surface area (Å²) in [6, 6.07) is 20.3. The van der Waals surface area contributed by atoms with Crippen LogP contribution in [0.2, 0.25) is 0 Å². The minimum atomic E-state index is 0.626. The van der Waals surface area contributed by atoms with E-state index >= 15 is 0 Å². The fraction of sp³-hybridized carbons (Fsp3) is 0.278. The fourth-order valence-electron chi connectivity index (χ4n) is 2.02. The summed E-state index contributed by atoms with van der Waals surface area (Å²) in [4.78, 5) is 7.66. The van der Waals surface area contributed by atoms with Gasteiger partial charge in [-0.3, -0.25) is 0 Å². The van der Waals surface area contributed by atoms with E-state index in [1.807, 2.05) is 36.4 Å². The van der Waals surface area contributed by atoms with E-state index < -0.39 is 0 Å². The normalized spacial score (nSPS) is 10.4. The molecule has 0 spiro atoms. The number of hydrogen-bond acceptors (Lipinski definition) is 3. The highest BCUT2D eigenvalue weighted by Crippen LogP contribution is 2.11. The van der Waals surface area contributed by atoms with Crippen molar-refractivity contribution in [1.82, 2.24) is 4.90 Å². The molecule has 3 nitrogen and oxygen atoms in total. The topological polar surface area (TPSA) is 24.8 Å². The standard InChI is InChI=1S/C18H22N2O/c1-20(2)14-9-15-21-19-18(16-10-5-3-6-11-16)17-12-7-4-8-13-17/h3-8,10-13H,9,14-15H2,1-2H3. The summed E-state index contributed by atoms with van der Waals surface area (Å²) in [6.07, 6.45) is 0.966. The van der Waals surface area contributed by atoms with Gasteiger partial charge < -0.3 is 9.74 Å². The minimum absolute atomic E-state index is 0.626. The molecular weight excluding hydrogens is 260 g/mol. The van der Waals surface area contributed by atoms with Crippen molar-refractivity contribution in [2.24, 2.45) is 5.16 Å². The third kappa shape index (κ3) is 5.04. The predicted molar refractivity (Wildman–Crippen MR) is 87.6 cm³/mol. The predicted octanol–water partition coefficient (Wildman–Crippen LogP) is 3.41. The van der Waals surface area contributed by atoms with Crippen LogP contribution < -0.4 is 0 Å². The quantitative estimate of drug-likeness (QED) is 0.442. The zero-order valence-electron chi connectivity index (χ0n) is 12.7. The van der Waals surface area contributed by atoms with Gasteiger partial charge in [-0.05, 0) is 20.5 Å². The van der Waals surface area contributed by atoms with Crippen LogP contribution in [0.25, 0.3) is 0 Å². The van der Waals surface area contributed by atoms with Crippen LogP contribution in [0.15, 0.2) is 65.8 Å². The minimum Gasteiger partial charge on any atom is -0.395 e. The molecule has 0 fully saturated rings. The van der Waals surface area contributed by atoms with Crippen molar-refractivity contribution in [2.75, 3.05) is 27.2 Å². The largest absolute Gasteiger partial charge is 0.395 e. The monoisotopic (exact) mass is 282 g/mol. The molecule has 0 heterocycles. The lowest BCUT2D eigenvalue weighted by Gasteiger charge is -2.09. The molecule has 0 aliphatic carbocycles. The van der Waals surface area contributed by atoms with Crippen LogP contribution in [0.4, 0.5) is 0 Å². The van der Waals surface area contributed by atoms with Gasteiger partial charge in [-0.25, -0.2) is 0 Å². The smallest absolute Gasteiger partial charge is 0.118 e. The van der Waals surface area contributed by atoms with Crippen LogP contribution in [0.3, 0.4) is 0 Å². The summed E-state index contributed by atoms with van der Waals surface area (Å²) < 4.78 is 0. The third-order valence-electron chi connectivity index (χ3n) is 3.09. The van der Waals surface area contributed by atoms with E-state index in [4.69, 9.17) is 4.84 Å². The molecule has 2 aromatic carbocycles. The van der Waals surface area contributed by atoms with Gasteiger partial charge in [-0.15, -0.1) is 0 Å². The van der Waals surface area contributed by atoms with Crippen molar-refractivity contribution >= 4 is 5.71 Å². The molecule has 0 aromatic heterocycles. The van der Waals surface area contributed by atoms with E-state index in [0.717, 1.165) is 29.8 Å². The first kappa shape index (κ1) is 15.3. The second-order valence-electron chi connectivity index (χ2n) is 5.16. The molecule has 0 N–H and O–H groups in total. The van der Waals surface area contributed by atoms with E-state index in [-0.39, 0.29) is 0 Å². The maximum Gasteiger partial charge on any atom is 0.118 e.